The van der Waals surface area contributed by atoms with Crippen molar-refractivity contribution in [3.05, 3.63) is 64.3 Å². The third kappa shape index (κ3) is 3.73. The molecule has 1 aromatic heterocycles. The van der Waals surface area contributed by atoms with Crippen LogP contribution in [-0.4, -0.2) is 35.3 Å². The van der Waals surface area contributed by atoms with Gasteiger partial charge in [0, 0.05) is 28.7 Å². The number of aryl methyl sites for hydroxylation is 1. The molecular formula is C20H20ClN3O2. The van der Waals surface area contributed by atoms with Crippen molar-refractivity contribution >= 4 is 40.0 Å². The number of H-pyrrole nitrogens is 1. The van der Waals surface area contributed by atoms with Gasteiger partial charge in [-0.3, -0.25) is 9.59 Å². The number of halogens is 1. The molecule has 0 aliphatic rings. The highest BCUT2D eigenvalue weighted by Gasteiger charge is 2.17. The fourth-order valence-electron chi connectivity index (χ4n) is 2.79. The first-order valence-electron chi connectivity index (χ1n) is 8.25. The summed E-state index contributed by atoms with van der Waals surface area (Å²) in [6, 6.07) is 12.8. The summed E-state index contributed by atoms with van der Waals surface area (Å²) in [5, 5.41) is 4.33. The van der Waals surface area contributed by atoms with Crippen molar-refractivity contribution in [3.8, 4) is 0 Å². The van der Waals surface area contributed by atoms with Gasteiger partial charge in [0.05, 0.1) is 6.54 Å². The van der Waals surface area contributed by atoms with Crippen molar-refractivity contribution in [1.29, 1.82) is 0 Å². The Morgan fingerprint density at radius 1 is 1.15 bits per heavy atom. The second-order valence-corrected chi connectivity index (χ2v) is 6.81. The molecule has 0 aliphatic heterocycles. The summed E-state index contributed by atoms with van der Waals surface area (Å²) in [5.41, 5.74) is 4.12. The summed E-state index contributed by atoms with van der Waals surface area (Å²) in [6.45, 7) is 3.90. The molecule has 26 heavy (non-hydrogen) atoms. The summed E-state index contributed by atoms with van der Waals surface area (Å²) in [7, 11) is 1.60. The lowest BCUT2D eigenvalue weighted by atomic mass is 10.1. The van der Waals surface area contributed by atoms with Crippen LogP contribution >= 0.6 is 11.6 Å². The second kappa shape index (κ2) is 7.22. The van der Waals surface area contributed by atoms with E-state index in [1.807, 2.05) is 38.1 Å². The molecule has 0 bridgehead atoms. The summed E-state index contributed by atoms with van der Waals surface area (Å²) < 4.78 is 0. The molecule has 0 spiro atoms. The van der Waals surface area contributed by atoms with E-state index in [0.717, 1.165) is 27.7 Å². The summed E-state index contributed by atoms with van der Waals surface area (Å²) >= 11 is 5.98. The van der Waals surface area contributed by atoms with Crippen molar-refractivity contribution < 1.29 is 9.59 Å². The number of anilines is 1. The van der Waals surface area contributed by atoms with Gasteiger partial charge < -0.3 is 15.2 Å². The zero-order chi connectivity index (χ0) is 18.8. The highest BCUT2D eigenvalue weighted by Crippen LogP contribution is 2.21. The minimum atomic E-state index is -0.256. The first kappa shape index (κ1) is 18.0. The lowest BCUT2D eigenvalue weighted by molar-refractivity contribution is -0.116. The van der Waals surface area contributed by atoms with Gasteiger partial charge in [-0.2, -0.15) is 0 Å². The van der Waals surface area contributed by atoms with Gasteiger partial charge in [-0.25, -0.2) is 0 Å². The Kier molecular flexibility index (Phi) is 5.00. The molecule has 0 saturated heterocycles. The number of amides is 2. The lowest BCUT2D eigenvalue weighted by Crippen LogP contribution is -2.35. The third-order valence-electron chi connectivity index (χ3n) is 4.42. The minimum absolute atomic E-state index is 0.0393. The molecule has 0 fully saturated rings. The monoisotopic (exact) mass is 369 g/mol. The number of aromatic nitrogens is 1. The second-order valence-electron chi connectivity index (χ2n) is 6.37. The number of fused-ring (bicyclic) bond motifs is 1. The quantitative estimate of drug-likeness (QED) is 0.725. The Morgan fingerprint density at radius 2 is 1.92 bits per heavy atom. The van der Waals surface area contributed by atoms with Gasteiger partial charge in [0.15, 0.2) is 0 Å². The number of nitrogens with one attached hydrogen (secondary N) is 2. The molecule has 0 aliphatic carbocycles. The van der Waals surface area contributed by atoms with E-state index in [1.54, 1.807) is 25.2 Å². The van der Waals surface area contributed by atoms with E-state index in [1.165, 1.54) is 4.90 Å². The van der Waals surface area contributed by atoms with Gasteiger partial charge in [0.1, 0.15) is 5.69 Å². The van der Waals surface area contributed by atoms with Crippen molar-refractivity contribution in [3.63, 3.8) is 0 Å². The van der Waals surface area contributed by atoms with E-state index in [2.05, 4.69) is 10.3 Å². The molecule has 1 heterocycles. The van der Waals surface area contributed by atoms with E-state index in [4.69, 9.17) is 11.6 Å². The number of carbonyl (C=O) groups is 2. The maximum Gasteiger partial charge on any atom is 0.270 e. The van der Waals surface area contributed by atoms with Gasteiger partial charge in [-0.1, -0.05) is 23.7 Å². The van der Waals surface area contributed by atoms with Crippen LogP contribution in [0.3, 0.4) is 0 Å². The maximum absolute atomic E-state index is 12.6. The van der Waals surface area contributed by atoms with Crippen LogP contribution in [-0.2, 0) is 4.79 Å². The molecule has 2 amide bonds. The van der Waals surface area contributed by atoms with Crippen LogP contribution < -0.4 is 5.32 Å². The molecule has 0 radical (unpaired) electrons. The molecule has 6 heteroatoms. The number of aromatic amines is 1. The van der Waals surface area contributed by atoms with Gasteiger partial charge in [0.25, 0.3) is 5.91 Å². The van der Waals surface area contributed by atoms with Crippen LogP contribution in [0.5, 0.6) is 0 Å². The largest absolute Gasteiger partial charge is 0.351 e. The van der Waals surface area contributed by atoms with Gasteiger partial charge in [0.2, 0.25) is 5.91 Å². The van der Waals surface area contributed by atoms with Gasteiger partial charge in [-0.05, 0) is 55.3 Å². The predicted octanol–water partition coefficient (Wildman–Crippen LogP) is 4.15. The molecule has 5 nitrogen and oxygen atoms in total. The number of hydrogen-bond acceptors (Lipinski definition) is 2. The van der Waals surface area contributed by atoms with Crippen LogP contribution in [0, 0.1) is 13.8 Å². The third-order valence-corrected chi connectivity index (χ3v) is 4.65. The lowest BCUT2D eigenvalue weighted by Gasteiger charge is -2.17. The zero-order valence-corrected chi connectivity index (χ0v) is 15.6. The van der Waals surface area contributed by atoms with Crippen LogP contribution in [0.4, 0.5) is 5.69 Å². The van der Waals surface area contributed by atoms with Crippen molar-refractivity contribution in [2.24, 2.45) is 0 Å². The Labute approximate surface area is 157 Å². The summed E-state index contributed by atoms with van der Waals surface area (Å²) in [5.74, 6) is -0.498. The molecule has 3 rings (SSSR count). The standard InChI is InChI=1S/C20H20ClN3O2/c1-12-5-4-6-16(13(12)2)23-19(25)11-24(3)20(26)18-10-14-9-15(21)7-8-17(14)22-18/h4-10,22H,11H2,1-3H3,(H,23,25). The average Bonchev–Trinajstić information content (AvgIpc) is 3.01. The Balaban J connectivity index is 1.69. The van der Waals surface area contributed by atoms with Crippen molar-refractivity contribution in [2.45, 2.75) is 13.8 Å². The molecule has 2 aromatic carbocycles. The number of nitrogens with zero attached hydrogens (tertiary/aromatic N) is 1. The maximum atomic E-state index is 12.6. The average molecular weight is 370 g/mol. The smallest absolute Gasteiger partial charge is 0.270 e. The van der Waals surface area contributed by atoms with Crippen LogP contribution in [0.1, 0.15) is 21.6 Å². The molecule has 2 N–H and O–H groups in total. The van der Waals surface area contributed by atoms with Gasteiger partial charge >= 0.3 is 0 Å². The molecular weight excluding hydrogens is 350 g/mol. The topological polar surface area (TPSA) is 65.2 Å². The molecule has 0 unspecified atom stereocenters. The minimum Gasteiger partial charge on any atom is -0.351 e. The van der Waals surface area contributed by atoms with Crippen LogP contribution in [0.25, 0.3) is 10.9 Å². The number of rotatable bonds is 4. The van der Waals surface area contributed by atoms with E-state index in [9.17, 15) is 9.59 Å². The van der Waals surface area contributed by atoms with Crippen molar-refractivity contribution in [1.82, 2.24) is 9.88 Å². The fraction of sp³-hybridized carbons (Fsp3) is 0.200. The summed E-state index contributed by atoms with van der Waals surface area (Å²) in [4.78, 5) is 29.3. The SMILES string of the molecule is Cc1cccc(NC(=O)CN(C)C(=O)c2cc3cc(Cl)ccc3[nH]2)c1C. The molecule has 0 atom stereocenters. The highest BCUT2D eigenvalue weighted by atomic mass is 35.5. The van der Waals surface area contributed by atoms with Gasteiger partial charge in [-0.15, -0.1) is 0 Å². The molecule has 3 aromatic rings. The molecule has 0 saturated carbocycles. The van der Waals surface area contributed by atoms with Crippen LogP contribution in [0.2, 0.25) is 5.02 Å². The number of hydrogen-bond donors (Lipinski definition) is 2. The highest BCUT2D eigenvalue weighted by molar-refractivity contribution is 6.31. The first-order chi connectivity index (χ1) is 12.3. The predicted molar refractivity (Wildman–Crippen MR) is 105 cm³/mol. The van der Waals surface area contributed by atoms with E-state index in [-0.39, 0.29) is 18.4 Å². The number of carbonyl (C=O) groups excluding carboxylic acids is 2. The fourth-order valence-corrected chi connectivity index (χ4v) is 2.97. The Morgan fingerprint density at radius 3 is 2.69 bits per heavy atom. The number of likely N-dealkylation sites (N-methyl/N-ethyl adjacent to an activating group) is 1. The van der Waals surface area contributed by atoms with Crippen molar-refractivity contribution in [2.75, 3.05) is 18.9 Å². The van der Waals surface area contributed by atoms with E-state index >= 15 is 0 Å². The Hall–Kier alpha value is -2.79. The number of benzene rings is 2. The summed E-state index contributed by atoms with van der Waals surface area (Å²) in [6.07, 6.45) is 0. The molecule has 134 valence electrons. The van der Waals surface area contributed by atoms with Crippen LogP contribution in [0.15, 0.2) is 42.5 Å². The van der Waals surface area contributed by atoms with E-state index in [0.29, 0.717) is 10.7 Å². The normalized spacial score (nSPS) is 10.8. The zero-order valence-electron chi connectivity index (χ0n) is 14.9. The Bertz CT molecular complexity index is 994. The first-order valence-corrected chi connectivity index (χ1v) is 8.63. The van der Waals surface area contributed by atoms with E-state index < -0.39 is 0 Å².